The Morgan fingerprint density at radius 1 is 1.21 bits per heavy atom. The Labute approximate surface area is 131 Å². The van der Waals surface area contributed by atoms with Gasteiger partial charge in [0.2, 0.25) is 0 Å². The second-order valence-corrected chi connectivity index (χ2v) is 6.06. The number of hydrogen-bond acceptors (Lipinski definition) is 1. The molecule has 2 aromatic rings. The Balaban J connectivity index is 1.98. The minimum atomic E-state index is -0.379. The predicted molar refractivity (Wildman–Crippen MR) is 85.8 cm³/mol. The van der Waals surface area contributed by atoms with Gasteiger partial charge >= 0.3 is 0 Å². The lowest BCUT2D eigenvalue weighted by Crippen LogP contribution is -2.18. The minimum Gasteiger partial charge on any atom is -0.306 e. The van der Waals surface area contributed by atoms with Gasteiger partial charge in [0.25, 0.3) is 0 Å². The van der Waals surface area contributed by atoms with Crippen molar-refractivity contribution in [2.45, 2.75) is 19.5 Å². The van der Waals surface area contributed by atoms with Crippen LogP contribution in [0.4, 0.5) is 4.39 Å². The SMILES string of the molecule is CC(NCc1ccc(F)c(Cl)c1)c1ccc(I)cc1. The smallest absolute Gasteiger partial charge is 0.141 e. The molecule has 0 amide bonds. The van der Waals surface area contributed by atoms with Crippen LogP contribution in [0.1, 0.15) is 24.1 Å². The Morgan fingerprint density at radius 3 is 2.53 bits per heavy atom. The lowest BCUT2D eigenvalue weighted by atomic mass is 10.1. The molecule has 100 valence electrons. The summed E-state index contributed by atoms with van der Waals surface area (Å²) in [7, 11) is 0. The Hall–Kier alpha value is -0.650. The van der Waals surface area contributed by atoms with Gasteiger partial charge < -0.3 is 5.32 Å². The molecule has 0 saturated carbocycles. The van der Waals surface area contributed by atoms with Crippen LogP contribution >= 0.6 is 34.2 Å². The second kappa shape index (κ2) is 6.68. The van der Waals surface area contributed by atoms with Crippen molar-refractivity contribution >= 4 is 34.2 Å². The summed E-state index contributed by atoms with van der Waals surface area (Å²) >= 11 is 8.05. The fourth-order valence-electron chi connectivity index (χ4n) is 1.79. The molecule has 0 aliphatic heterocycles. The van der Waals surface area contributed by atoms with E-state index in [-0.39, 0.29) is 16.9 Å². The number of nitrogens with one attached hydrogen (secondary N) is 1. The van der Waals surface area contributed by atoms with Crippen LogP contribution in [0, 0.1) is 9.39 Å². The predicted octanol–water partition coefficient (Wildman–Crippen LogP) is 4.93. The van der Waals surface area contributed by atoms with E-state index in [0.29, 0.717) is 6.54 Å². The Kier molecular flexibility index (Phi) is 5.19. The van der Waals surface area contributed by atoms with Crippen molar-refractivity contribution in [1.29, 1.82) is 0 Å². The van der Waals surface area contributed by atoms with Crippen LogP contribution in [0.3, 0.4) is 0 Å². The van der Waals surface area contributed by atoms with Crippen molar-refractivity contribution in [3.8, 4) is 0 Å². The molecule has 0 spiro atoms. The summed E-state index contributed by atoms with van der Waals surface area (Å²) in [5.74, 6) is -0.379. The highest BCUT2D eigenvalue weighted by Crippen LogP contribution is 2.18. The van der Waals surface area contributed by atoms with E-state index < -0.39 is 0 Å². The van der Waals surface area contributed by atoms with E-state index in [1.807, 2.05) is 0 Å². The minimum absolute atomic E-state index is 0.168. The quantitative estimate of drug-likeness (QED) is 0.731. The number of benzene rings is 2. The zero-order valence-corrected chi connectivity index (χ0v) is 13.4. The highest BCUT2D eigenvalue weighted by Gasteiger charge is 2.06. The van der Waals surface area contributed by atoms with E-state index >= 15 is 0 Å². The first-order valence-electron chi connectivity index (χ1n) is 5.99. The van der Waals surface area contributed by atoms with Gasteiger partial charge in [-0.3, -0.25) is 0 Å². The zero-order valence-electron chi connectivity index (χ0n) is 10.5. The second-order valence-electron chi connectivity index (χ2n) is 4.40. The van der Waals surface area contributed by atoms with Gasteiger partial charge in [-0.25, -0.2) is 4.39 Å². The summed E-state index contributed by atoms with van der Waals surface area (Å²) in [5, 5.41) is 3.57. The molecule has 0 radical (unpaired) electrons. The molecule has 1 unspecified atom stereocenters. The molecule has 1 N–H and O–H groups in total. The maximum atomic E-state index is 13.0. The first kappa shape index (κ1) is 14.8. The molecule has 0 heterocycles. The fraction of sp³-hybridized carbons (Fsp3) is 0.200. The van der Waals surface area contributed by atoms with Crippen LogP contribution in [-0.4, -0.2) is 0 Å². The molecule has 0 saturated heterocycles. The highest BCUT2D eigenvalue weighted by atomic mass is 127. The van der Waals surface area contributed by atoms with Crippen LogP contribution in [0.25, 0.3) is 0 Å². The zero-order chi connectivity index (χ0) is 13.8. The van der Waals surface area contributed by atoms with Gasteiger partial charge in [0.1, 0.15) is 5.82 Å². The molecule has 1 atom stereocenters. The average Bonchev–Trinajstić information content (AvgIpc) is 2.40. The monoisotopic (exact) mass is 389 g/mol. The molecule has 0 aromatic heterocycles. The van der Waals surface area contributed by atoms with Gasteiger partial charge in [-0.2, -0.15) is 0 Å². The van der Waals surface area contributed by atoms with Gasteiger partial charge in [0.15, 0.2) is 0 Å². The first-order valence-corrected chi connectivity index (χ1v) is 7.44. The van der Waals surface area contributed by atoms with Crippen LogP contribution < -0.4 is 5.32 Å². The summed E-state index contributed by atoms with van der Waals surface area (Å²) in [6, 6.07) is 13.4. The molecule has 0 fully saturated rings. The maximum Gasteiger partial charge on any atom is 0.141 e. The topological polar surface area (TPSA) is 12.0 Å². The lowest BCUT2D eigenvalue weighted by molar-refractivity contribution is 0.573. The molecule has 0 bridgehead atoms. The third-order valence-corrected chi connectivity index (χ3v) is 3.98. The van der Waals surface area contributed by atoms with E-state index in [4.69, 9.17) is 11.6 Å². The van der Waals surface area contributed by atoms with Crippen molar-refractivity contribution in [1.82, 2.24) is 5.32 Å². The Bertz CT molecular complexity index is 557. The van der Waals surface area contributed by atoms with E-state index in [1.165, 1.54) is 15.2 Å². The largest absolute Gasteiger partial charge is 0.306 e. The van der Waals surface area contributed by atoms with Crippen LogP contribution in [-0.2, 0) is 6.54 Å². The summed E-state index contributed by atoms with van der Waals surface area (Å²) < 4.78 is 14.3. The van der Waals surface area contributed by atoms with E-state index in [1.54, 1.807) is 12.1 Å². The summed E-state index contributed by atoms with van der Waals surface area (Å²) in [6.07, 6.45) is 0. The van der Waals surface area contributed by atoms with Crippen molar-refractivity contribution in [3.63, 3.8) is 0 Å². The first-order chi connectivity index (χ1) is 9.06. The van der Waals surface area contributed by atoms with E-state index in [2.05, 4.69) is 59.1 Å². The maximum absolute atomic E-state index is 13.0. The Morgan fingerprint density at radius 2 is 1.89 bits per heavy atom. The molecule has 4 heteroatoms. The van der Waals surface area contributed by atoms with Gasteiger partial charge in [-0.05, 0) is 64.9 Å². The number of halogens is 3. The van der Waals surface area contributed by atoms with E-state index in [0.717, 1.165) is 5.56 Å². The van der Waals surface area contributed by atoms with Gasteiger partial charge in [0.05, 0.1) is 5.02 Å². The summed E-state index contributed by atoms with van der Waals surface area (Å²) in [6.45, 7) is 2.76. The highest BCUT2D eigenvalue weighted by molar-refractivity contribution is 14.1. The molecule has 19 heavy (non-hydrogen) atoms. The fourth-order valence-corrected chi connectivity index (χ4v) is 2.35. The average molecular weight is 390 g/mol. The normalized spacial score (nSPS) is 12.4. The standard InChI is InChI=1S/C15H14ClFIN/c1-10(12-3-5-13(18)6-4-12)19-9-11-2-7-15(17)14(16)8-11/h2-8,10,19H,9H2,1H3. The molecule has 2 aromatic carbocycles. The molecule has 2 rings (SSSR count). The number of hydrogen-bond donors (Lipinski definition) is 1. The van der Waals surface area contributed by atoms with E-state index in [9.17, 15) is 4.39 Å². The lowest BCUT2D eigenvalue weighted by Gasteiger charge is -2.14. The molecule has 0 aliphatic rings. The molecular formula is C15H14ClFIN. The van der Waals surface area contributed by atoms with Gasteiger partial charge in [-0.15, -0.1) is 0 Å². The van der Waals surface area contributed by atoms with Crippen molar-refractivity contribution < 1.29 is 4.39 Å². The van der Waals surface area contributed by atoms with Crippen LogP contribution in [0.2, 0.25) is 5.02 Å². The molecular weight excluding hydrogens is 376 g/mol. The molecule has 1 nitrogen and oxygen atoms in total. The number of rotatable bonds is 4. The molecule has 0 aliphatic carbocycles. The van der Waals surface area contributed by atoms with Gasteiger partial charge in [0, 0.05) is 16.2 Å². The van der Waals surface area contributed by atoms with Crippen molar-refractivity contribution in [2.24, 2.45) is 0 Å². The summed E-state index contributed by atoms with van der Waals surface area (Å²) in [4.78, 5) is 0. The third kappa shape index (κ3) is 4.16. The van der Waals surface area contributed by atoms with Crippen molar-refractivity contribution in [3.05, 3.63) is 68.0 Å². The van der Waals surface area contributed by atoms with Gasteiger partial charge in [-0.1, -0.05) is 29.8 Å². The van der Waals surface area contributed by atoms with Crippen LogP contribution in [0.5, 0.6) is 0 Å². The van der Waals surface area contributed by atoms with Crippen molar-refractivity contribution in [2.75, 3.05) is 0 Å². The summed E-state index contributed by atoms with van der Waals surface area (Å²) in [5.41, 5.74) is 2.21. The van der Waals surface area contributed by atoms with Crippen LogP contribution in [0.15, 0.2) is 42.5 Å². The third-order valence-electron chi connectivity index (χ3n) is 2.97.